The molecule has 0 aliphatic carbocycles. The number of rotatable bonds is 5. The van der Waals surface area contributed by atoms with Crippen molar-refractivity contribution in [3.05, 3.63) is 36.3 Å². The number of pyridine rings is 1. The van der Waals surface area contributed by atoms with Gasteiger partial charge in [0.15, 0.2) is 0 Å². The number of piperidine rings is 1. The van der Waals surface area contributed by atoms with Crippen molar-refractivity contribution in [1.82, 2.24) is 19.6 Å². The number of likely N-dealkylation sites (tertiary alicyclic amines) is 1. The van der Waals surface area contributed by atoms with Crippen LogP contribution < -0.4 is 5.32 Å². The molecule has 0 atom stereocenters. The van der Waals surface area contributed by atoms with Gasteiger partial charge in [-0.25, -0.2) is 4.98 Å². The molecule has 1 aliphatic heterocycles. The van der Waals surface area contributed by atoms with E-state index in [4.69, 9.17) is 0 Å². The van der Waals surface area contributed by atoms with Crippen molar-refractivity contribution in [2.75, 3.05) is 26.2 Å². The minimum absolute atomic E-state index is 0.0900. The second kappa shape index (κ2) is 6.89. The Hall–Kier alpha value is -1.92. The fraction of sp³-hybridized carbons (Fsp3) is 0.500. The van der Waals surface area contributed by atoms with Gasteiger partial charge in [-0.3, -0.25) is 9.20 Å². The van der Waals surface area contributed by atoms with Gasteiger partial charge < -0.3 is 15.3 Å². The van der Waals surface area contributed by atoms with Gasteiger partial charge in [0.05, 0.1) is 12.3 Å². The summed E-state index contributed by atoms with van der Waals surface area (Å²) in [7, 11) is 0. The van der Waals surface area contributed by atoms with E-state index < -0.39 is 0 Å². The zero-order valence-corrected chi connectivity index (χ0v) is 12.6. The summed E-state index contributed by atoms with van der Waals surface area (Å²) in [5.41, 5.74) is 1.34. The standard InChI is InChI=1S/C16H22N4O2/c21-13-5-10-19(11-6-13)8-3-7-17-16(22)14-12-18-15-4-1-2-9-20(14)15/h1-2,4,9,12-13,21H,3,5-8,10-11H2,(H,17,22). The lowest BCUT2D eigenvalue weighted by molar-refractivity contribution is 0.0816. The first-order chi connectivity index (χ1) is 10.7. The molecule has 0 bridgehead atoms. The first kappa shape index (κ1) is 15.0. The predicted octanol–water partition coefficient (Wildman–Crippen LogP) is 0.911. The summed E-state index contributed by atoms with van der Waals surface area (Å²) >= 11 is 0. The largest absolute Gasteiger partial charge is 0.393 e. The highest BCUT2D eigenvalue weighted by Gasteiger charge is 2.16. The predicted molar refractivity (Wildman–Crippen MR) is 83.8 cm³/mol. The van der Waals surface area contributed by atoms with E-state index in [1.807, 2.05) is 24.4 Å². The Bertz CT molecular complexity index is 632. The van der Waals surface area contributed by atoms with Crippen LogP contribution in [-0.2, 0) is 0 Å². The molecule has 3 rings (SSSR count). The van der Waals surface area contributed by atoms with Crippen molar-refractivity contribution >= 4 is 11.6 Å². The summed E-state index contributed by atoms with van der Waals surface area (Å²) in [6.07, 6.45) is 5.94. The Kier molecular flexibility index (Phi) is 4.70. The zero-order valence-electron chi connectivity index (χ0n) is 12.6. The molecule has 0 aromatic carbocycles. The lowest BCUT2D eigenvalue weighted by Gasteiger charge is -2.29. The number of amides is 1. The third-order valence-electron chi connectivity index (χ3n) is 4.14. The van der Waals surface area contributed by atoms with E-state index in [-0.39, 0.29) is 12.0 Å². The molecule has 22 heavy (non-hydrogen) atoms. The van der Waals surface area contributed by atoms with Crippen LogP contribution in [0.2, 0.25) is 0 Å². The Morgan fingerprint density at radius 1 is 1.36 bits per heavy atom. The molecule has 2 N–H and O–H groups in total. The molecule has 2 aromatic heterocycles. The van der Waals surface area contributed by atoms with Crippen LogP contribution >= 0.6 is 0 Å². The lowest BCUT2D eigenvalue weighted by atomic mass is 10.1. The highest BCUT2D eigenvalue weighted by Crippen LogP contribution is 2.10. The molecule has 6 heteroatoms. The third-order valence-corrected chi connectivity index (χ3v) is 4.14. The number of imidazole rings is 1. The molecule has 0 spiro atoms. The van der Waals surface area contributed by atoms with Crippen molar-refractivity contribution in [1.29, 1.82) is 0 Å². The molecule has 0 saturated carbocycles. The minimum atomic E-state index is -0.133. The smallest absolute Gasteiger partial charge is 0.269 e. The van der Waals surface area contributed by atoms with Crippen LogP contribution in [0.15, 0.2) is 30.6 Å². The summed E-state index contributed by atoms with van der Waals surface area (Å²) in [6.45, 7) is 3.50. The summed E-state index contributed by atoms with van der Waals surface area (Å²) in [5, 5.41) is 12.4. The monoisotopic (exact) mass is 302 g/mol. The number of aliphatic hydroxyl groups is 1. The Balaban J connectivity index is 1.45. The second-order valence-corrected chi connectivity index (χ2v) is 5.75. The van der Waals surface area contributed by atoms with Gasteiger partial charge in [-0.05, 0) is 37.9 Å². The van der Waals surface area contributed by atoms with Gasteiger partial charge in [0, 0.05) is 25.8 Å². The summed E-state index contributed by atoms with van der Waals surface area (Å²) in [4.78, 5) is 18.8. The summed E-state index contributed by atoms with van der Waals surface area (Å²) < 4.78 is 1.79. The zero-order chi connectivity index (χ0) is 15.4. The fourth-order valence-electron chi connectivity index (χ4n) is 2.84. The normalized spacial score (nSPS) is 17.0. The Morgan fingerprint density at radius 3 is 3.00 bits per heavy atom. The van der Waals surface area contributed by atoms with Crippen LogP contribution in [-0.4, -0.2) is 57.6 Å². The number of hydrogen-bond acceptors (Lipinski definition) is 4. The number of aromatic nitrogens is 2. The summed E-state index contributed by atoms with van der Waals surface area (Å²) in [5.74, 6) is -0.0900. The van der Waals surface area contributed by atoms with Crippen molar-refractivity contribution in [2.45, 2.75) is 25.4 Å². The minimum Gasteiger partial charge on any atom is -0.393 e. The first-order valence-electron chi connectivity index (χ1n) is 7.85. The van der Waals surface area contributed by atoms with E-state index in [9.17, 15) is 9.90 Å². The fourth-order valence-corrected chi connectivity index (χ4v) is 2.84. The molecule has 0 radical (unpaired) electrons. The third kappa shape index (κ3) is 3.45. The average molecular weight is 302 g/mol. The van der Waals surface area contributed by atoms with E-state index >= 15 is 0 Å². The molecule has 1 saturated heterocycles. The van der Waals surface area contributed by atoms with Crippen LogP contribution in [0.4, 0.5) is 0 Å². The molecule has 2 aromatic rings. The van der Waals surface area contributed by atoms with E-state index in [0.717, 1.165) is 44.5 Å². The van der Waals surface area contributed by atoms with Crippen LogP contribution in [0.25, 0.3) is 5.65 Å². The number of carbonyl (C=O) groups excluding carboxylic acids is 1. The van der Waals surface area contributed by atoms with Crippen molar-refractivity contribution in [2.24, 2.45) is 0 Å². The van der Waals surface area contributed by atoms with Gasteiger partial charge >= 0.3 is 0 Å². The molecular formula is C16H22N4O2. The maximum atomic E-state index is 12.2. The van der Waals surface area contributed by atoms with E-state index in [0.29, 0.717) is 12.2 Å². The Morgan fingerprint density at radius 2 is 2.18 bits per heavy atom. The number of nitrogens with one attached hydrogen (secondary N) is 1. The van der Waals surface area contributed by atoms with Crippen LogP contribution in [0.5, 0.6) is 0 Å². The van der Waals surface area contributed by atoms with Crippen LogP contribution in [0, 0.1) is 0 Å². The molecule has 3 heterocycles. The molecule has 1 aliphatic rings. The molecule has 0 unspecified atom stereocenters. The van der Waals surface area contributed by atoms with Crippen molar-refractivity contribution in [3.8, 4) is 0 Å². The molecule has 1 fully saturated rings. The maximum absolute atomic E-state index is 12.2. The number of nitrogens with zero attached hydrogens (tertiary/aromatic N) is 3. The number of aliphatic hydroxyl groups excluding tert-OH is 1. The lowest BCUT2D eigenvalue weighted by Crippen LogP contribution is -2.37. The van der Waals surface area contributed by atoms with Crippen LogP contribution in [0.3, 0.4) is 0 Å². The second-order valence-electron chi connectivity index (χ2n) is 5.75. The molecule has 118 valence electrons. The van der Waals surface area contributed by atoms with Gasteiger partial charge in [-0.2, -0.15) is 0 Å². The average Bonchev–Trinajstić information content (AvgIpc) is 2.97. The highest BCUT2D eigenvalue weighted by molar-refractivity contribution is 5.93. The van der Waals surface area contributed by atoms with Gasteiger partial charge in [0.2, 0.25) is 0 Å². The van der Waals surface area contributed by atoms with Gasteiger partial charge in [-0.15, -0.1) is 0 Å². The van der Waals surface area contributed by atoms with Crippen molar-refractivity contribution < 1.29 is 9.90 Å². The Labute approximate surface area is 129 Å². The van der Waals surface area contributed by atoms with Gasteiger partial charge in [0.1, 0.15) is 11.3 Å². The molecule has 1 amide bonds. The van der Waals surface area contributed by atoms with Crippen molar-refractivity contribution in [3.63, 3.8) is 0 Å². The van der Waals surface area contributed by atoms with Gasteiger partial charge in [-0.1, -0.05) is 6.07 Å². The van der Waals surface area contributed by atoms with E-state index in [1.165, 1.54) is 0 Å². The molecule has 6 nitrogen and oxygen atoms in total. The number of fused-ring (bicyclic) bond motifs is 1. The number of carbonyl (C=O) groups is 1. The van der Waals surface area contributed by atoms with E-state index in [1.54, 1.807) is 10.6 Å². The summed E-state index contributed by atoms with van der Waals surface area (Å²) in [6, 6.07) is 5.66. The molecular weight excluding hydrogens is 280 g/mol. The first-order valence-corrected chi connectivity index (χ1v) is 7.85. The van der Waals surface area contributed by atoms with E-state index in [2.05, 4.69) is 15.2 Å². The number of hydrogen-bond donors (Lipinski definition) is 2. The topological polar surface area (TPSA) is 69.9 Å². The quantitative estimate of drug-likeness (QED) is 0.806. The highest BCUT2D eigenvalue weighted by atomic mass is 16.3. The van der Waals surface area contributed by atoms with Gasteiger partial charge in [0.25, 0.3) is 5.91 Å². The SMILES string of the molecule is O=C(NCCCN1CCC(O)CC1)c1cnc2ccccn12. The maximum Gasteiger partial charge on any atom is 0.269 e. The van der Waals surface area contributed by atoms with Crippen LogP contribution in [0.1, 0.15) is 29.8 Å².